The number of halogens is 1. The third-order valence-electron chi connectivity index (χ3n) is 5.24. The third kappa shape index (κ3) is 4.06. The summed E-state index contributed by atoms with van der Waals surface area (Å²) in [5.41, 5.74) is 2.08. The Labute approximate surface area is 182 Å². The summed E-state index contributed by atoms with van der Waals surface area (Å²) in [7, 11) is 0. The number of nitrogens with one attached hydrogen (secondary N) is 2. The molecule has 1 aliphatic rings. The van der Waals surface area contributed by atoms with Crippen molar-refractivity contribution < 1.29 is 9.32 Å². The van der Waals surface area contributed by atoms with E-state index in [1.54, 1.807) is 6.33 Å². The molecule has 0 aliphatic carbocycles. The number of H-pyrrole nitrogens is 1. The monoisotopic (exact) mass is 438 g/mol. The number of nitrogens with zero attached hydrogens (tertiary/aromatic N) is 6. The van der Waals surface area contributed by atoms with Gasteiger partial charge in [0.1, 0.15) is 5.52 Å². The predicted octanol–water partition coefficient (Wildman–Crippen LogP) is 2.59. The van der Waals surface area contributed by atoms with Crippen LogP contribution in [0.3, 0.4) is 0 Å². The van der Waals surface area contributed by atoms with E-state index in [1.165, 1.54) is 0 Å². The topological polar surface area (TPSA) is 126 Å². The van der Waals surface area contributed by atoms with Crippen LogP contribution in [-0.4, -0.2) is 49.1 Å². The largest absolute Gasteiger partial charge is 0.354 e. The minimum Gasteiger partial charge on any atom is -0.354 e. The summed E-state index contributed by atoms with van der Waals surface area (Å²) in [5, 5.41) is 7.02. The van der Waals surface area contributed by atoms with Gasteiger partial charge in [-0.05, 0) is 24.4 Å². The van der Waals surface area contributed by atoms with Gasteiger partial charge in [-0.1, -0.05) is 35.5 Å². The molecule has 3 aromatic heterocycles. The van der Waals surface area contributed by atoms with Crippen molar-refractivity contribution in [3.8, 4) is 11.4 Å². The van der Waals surface area contributed by atoms with Gasteiger partial charge in [0.05, 0.1) is 18.8 Å². The molecule has 0 bridgehead atoms. The molecule has 1 aromatic carbocycles. The van der Waals surface area contributed by atoms with E-state index in [-0.39, 0.29) is 23.7 Å². The van der Waals surface area contributed by atoms with Crippen LogP contribution in [0.4, 0.5) is 5.82 Å². The summed E-state index contributed by atoms with van der Waals surface area (Å²) in [6.07, 6.45) is 3.20. The average Bonchev–Trinajstić information content (AvgIpc) is 3.47. The second kappa shape index (κ2) is 8.31. The Hall–Kier alpha value is -3.53. The van der Waals surface area contributed by atoms with Crippen LogP contribution in [0.2, 0.25) is 5.28 Å². The molecule has 1 amide bonds. The van der Waals surface area contributed by atoms with E-state index < -0.39 is 0 Å². The van der Waals surface area contributed by atoms with Gasteiger partial charge >= 0.3 is 0 Å². The summed E-state index contributed by atoms with van der Waals surface area (Å²) in [5.74, 6) is 1.26. The first-order valence-corrected chi connectivity index (χ1v) is 10.3. The van der Waals surface area contributed by atoms with Crippen molar-refractivity contribution in [1.29, 1.82) is 0 Å². The molecule has 1 aliphatic heterocycles. The number of aromatic amines is 1. The molecule has 1 unspecified atom stereocenters. The fraction of sp³-hybridized carbons (Fsp3) is 0.300. The number of hydrogen-bond acceptors (Lipinski definition) is 8. The number of piperidine rings is 1. The second-order valence-corrected chi connectivity index (χ2v) is 7.64. The average molecular weight is 439 g/mol. The van der Waals surface area contributed by atoms with Gasteiger partial charge in [0.2, 0.25) is 22.9 Å². The molecule has 158 valence electrons. The number of imidazole rings is 1. The van der Waals surface area contributed by atoms with E-state index in [0.717, 1.165) is 24.9 Å². The van der Waals surface area contributed by atoms with Gasteiger partial charge in [0.15, 0.2) is 11.5 Å². The number of amides is 1. The lowest BCUT2D eigenvalue weighted by atomic mass is 9.97. The maximum Gasteiger partial charge on any atom is 0.246 e. The predicted molar refractivity (Wildman–Crippen MR) is 113 cm³/mol. The zero-order valence-corrected chi connectivity index (χ0v) is 17.2. The van der Waals surface area contributed by atoms with Crippen LogP contribution in [0.15, 0.2) is 41.2 Å². The Morgan fingerprint density at radius 1 is 1.26 bits per heavy atom. The molecule has 5 rings (SSSR count). The summed E-state index contributed by atoms with van der Waals surface area (Å²) >= 11 is 6.06. The molecule has 1 fully saturated rings. The Balaban J connectivity index is 1.24. The maximum atomic E-state index is 12.8. The Kier molecular flexibility index (Phi) is 5.21. The second-order valence-electron chi connectivity index (χ2n) is 7.30. The van der Waals surface area contributed by atoms with Gasteiger partial charge in [-0.2, -0.15) is 15.0 Å². The molecular formula is C20H19ClN8O2. The van der Waals surface area contributed by atoms with Gasteiger partial charge in [0.25, 0.3) is 0 Å². The molecule has 1 saturated heterocycles. The first-order chi connectivity index (χ1) is 15.2. The quantitative estimate of drug-likeness (QED) is 0.455. The molecule has 2 N–H and O–H groups in total. The number of aromatic nitrogens is 6. The molecule has 4 heterocycles. The molecule has 31 heavy (non-hydrogen) atoms. The summed E-state index contributed by atoms with van der Waals surface area (Å²) < 4.78 is 5.27. The van der Waals surface area contributed by atoms with E-state index in [9.17, 15) is 4.79 Å². The van der Waals surface area contributed by atoms with Crippen molar-refractivity contribution >= 4 is 34.5 Å². The van der Waals surface area contributed by atoms with Gasteiger partial charge in [-0.3, -0.25) is 4.79 Å². The van der Waals surface area contributed by atoms with E-state index in [2.05, 4.69) is 35.4 Å². The summed E-state index contributed by atoms with van der Waals surface area (Å²) in [6, 6.07) is 9.54. The Morgan fingerprint density at radius 3 is 3.00 bits per heavy atom. The van der Waals surface area contributed by atoms with Crippen molar-refractivity contribution in [2.45, 2.75) is 19.4 Å². The van der Waals surface area contributed by atoms with Gasteiger partial charge in [-0.15, -0.1) is 0 Å². The van der Waals surface area contributed by atoms with Gasteiger partial charge in [-0.25, -0.2) is 4.98 Å². The van der Waals surface area contributed by atoms with Crippen LogP contribution in [0.5, 0.6) is 0 Å². The number of carbonyl (C=O) groups is 1. The normalized spacial score (nSPS) is 16.5. The lowest BCUT2D eigenvalue weighted by Gasteiger charge is -2.32. The number of fused-ring (bicyclic) bond motifs is 1. The van der Waals surface area contributed by atoms with Crippen LogP contribution in [-0.2, 0) is 11.3 Å². The van der Waals surface area contributed by atoms with Crippen molar-refractivity contribution in [1.82, 2.24) is 35.4 Å². The highest BCUT2D eigenvalue weighted by molar-refractivity contribution is 6.28. The minimum atomic E-state index is -0.197. The Bertz CT molecular complexity index is 1210. The summed E-state index contributed by atoms with van der Waals surface area (Å²) in [4.78, 5) is 34.9. The molecule has 0 spiro atoms. The molecule has 11 heteroatoms. The van der Waals surface area contributed by atoms with Crippen molar-refractivity contribution in [3.63, 3.8) is 0 Å². The number of anilines is 1. The minimum absolute atomic E-state index is 0.0647. The highest BCUT2D eigenvalue weighted by Crippen LogP contribution is 2.27. The van der Waals surface area contributed by atoms with E-state index in [1.807, 2.05) is 35.2 Å². The van der Waals surface area contributed by atoms with E-state index in [4.69, 9.17) is 16.1 Å². The lowest BCUT2D eigenvalue weighted by molar-refractivity contribution is -0.125. The first kappa shape index (κ1) is 19.4. The van der Waals surface area contributed by atoms with Gasteiger partial charge in [0, 0.05) is 18.7 Å². The standard InChI is InChI=1S/C20H19ClN8O2/c21-20-26-17-15(23-11-24-17)18(27-20)29-8-4-7-13(10-29)19(30)22-9-14-25-16(28-31-14)12-5-2-1-3-6-12/h1-3,5-6,11,13H,4,7-10H2,(H,22,30)(H,23,24,26,27). The first-order valence-electron chi connectivity index (χ1n) is 9.94. The third-order valence-corrected chi connectivity index (χ3v) is 5.41. The highest BCUT2D eigenvalue weighted by Gasteiger charge is 2.28. The number of benzene rings is 1. The van der Waals surface area contributed by atoms with E-state index in [0.29, 0.717) is 35.2 Å². The van der Waals surface area contributed by atoms with Crippen molar-refractivity contribution in [2.75, 3.05) is 18.0 Å². The Morgan fingerprint density at radius 2 is 2.13 bits per heavy atom. The fourth-order valence-electron chi connectivity index (χ4n) is 3.74. The van der Waals surface area contributed by atoms with Crippen molar-refractivity contribution in [2.24, 2.45) is 5.92 Å². The van der Waals surface area contributed by atoms with Crippen LogP contribution < -0.4 is 10.2 Å². The van der Waals surface area contributed by atoms with Crippen LogP contribution >= 0.6 is 11.6 Å². The maximum absolute atomic E-state index is 12.8. The zero-order valence-electron chi connectivity index (χ0n) is 16.5. The highest BCUT2D eigenvalue weighted by atomic mass is 35.5. The molecule has 1 atom stereocenters. The van der Waals surface area contributed by atoms with Crippen LogP contribution in [0.1, 0.15) is 18.7 Å². The fourth-order valence-corrected chi connectivity index (χ4v) is 3.90. The smallest absolute Gasteiger partial charge is 0.246 e. The van der Waals surface area contributed by atoms with E-state index >= 15 is 0 Å². The van der Waals surface area contributed by atoms with Crippen LogP contribution in [0.25, 0.3) is 22.6 Å². The number of hydrogen-bond donors (Lipinski definition) is 2. The summed E-state index contributed by atoms with van der Waals surface area (Å²) in [6.45, 7) is 1.47. The number of carbonyl (C=O) groups excluding carboxylic acids is 1. The molecule has 0 saturated carbocycles. The molecule has 0 radical (unpaired) electrons. The molecule has 4 aromatic rings. The SMILES string of the molecule is O=C(NCc1nc(-c2ccccc2)no1)C1CCCN(c2nc(Cl)nc3nc[nH]c23)C1. The molecular weight excluding hydrogens is 420 g/mol. The molecule has 10 nitrogen and oxygen atoms in total. The van der Waals surface area contributed by atoms with Crippen molar-refractivity contribution in [3.05, 3.63) is 47.8 Å². The van der Waals surface area contributed by atoms with Gasteiger partial charge < -0.3 is 19.7 Å². The zero-order chi connectivity index (χ0) is 21.2. The van der Waals surface area contributed by atoms with Crippen LogP contribution in [0, 0.1) is 5.92 Å². The number of rotatable bonds is 5. The lowest BCUT2D eigenvalue weighted by Crippen LogP contribution is -2.43.